The number of carbonyl (C=O) groups is 1. The molecule has 0 bridgehead atoms. The van der Waals surface area contributed by atoms with Crippen molar-refractivity contribution < 1.29 is 32.9 Å². The average molecular weight is 525 g/mol. The van der Waals surface area contributed by atoms with E-state index in [0.717, 1.165) is 29.5 Å². The molecule has 0 unspecified atom stereocenters. The van der Waals surface area contributed by atoms with Crippen molar-refractivity contribution in [1.82, 2.24) is 4.98 Å². The highest BCUT2D eigenvalue weighted by Gasteiger charge is 2.49. The van der Waals surface area contributed by atoms with Gasteiger partial charge in [0, 0.05) is 17.9 Å². The van der Waals surface area contributed by atoms with Crippen LogP contribution in [0.5, 0.6) is 17.2 Å². The minimum absolute atomic E-state index is 0.0876. The zero-order valence-electron chi connectivity index (χ0n) is 21.6. The highest BCUT2D eigenvalue weighted by Crippen LogP contribution is 2.54. The van der Waals surface area contributed by atoms with Gasteiger partial charge in [0.15, 0.2) is 11.5 Å². The van der Waals surface area contributed by atoms with Crippen LogP contribution in [0.3, 0.4) is 0 Å². The molecule has 1 aromatic heterocycles. The van der Waals surface area contributed by atoms with E-state index >= 15 is 0 Å². The number of anilines is 1. The second-order valence-corrected chi connectivity index (χ2v) is 9.98. The predicted octanol–water partition coefficient (Wildman–Crippen LogP) is 6.16. The number of fused-ring (bicyclic) bond motifs is 2. The monoisotopic (exact) mass is 524 g/mol. The minimum Gasteiger partial charge on any atom is -0.497 e. The first-order valence-corrected chi connectivity index (χ1v) is 12.7. The number of halogens is 2. The number of pyridine rings is 1. The summed E-state index contributed by atoms with van der Waals surface area (Å²) >= 11 is 0. The van der Waals surface area contributed by atoms with Gasteiger partial charge in [0.2, 0.25) is 0 Å². The Labute approximate surface area is 219 Å². The molecule has 0 amide bonds. The van der Waals surface area contributed by atoms with Crippen LogP contribution in [0.2, 0.25) is 0 Å². The van der Waals surface area contributed by atoms with Crippen LogP contribution >= 0.6 is 0 Å². The van der Waals surface area contributed by atoms with Crippen LogP contribution in [0.4, 0.5) is 14.6 Å². The van der Waals surface area contributed by atoms with Gasteiger partial charge in [-0.25, -0.2) is 4.98 Å². The van der Waals surface area contributed by atoms with E-state index in [1.807, 2.05) is 44.2 Å². The molecular weight excluding hydrogens is 494 g/mol. The summed E-state index contributed by atoms with van der Waals surface area (Å²) in [5, 5.41) is 13.9. The number of carboxylic acids is 1. The standard InChI is InChI=1S/C29H30F2N2O5/c1-5-6-16-13-18(36-4)8-9-19(16)25-26(28(34)35)24(20-10-12-23(32-15(2)3)33-27(20)25)17-7-11-21-22(14-17)38-29(30,31)37-21/h7-15,24-26H,5-6H2,1-4H3,(H,32,33)(H,34,35)/t24-,25-,26+/m0/s1. The second kappa shape index (κ2) is 9.78. The molecule has 5 rings (SSSR count). The summed E-state index contributed by atoms with van der Waals surface area (Å²) in [5.74, 6) is -2.02. The van der Waals surface area contributed by atoms with Crippen molar-refractivity contribution in [2.24, 2.45) is 5.92 Å². The molecule has 0 fully saturated rings. The number of ether oxygens (including phenoxy) is 3. The van der Waals surface area contributed by atoms with E-state index in [2.05, 4.69) is 21.7 Å². The third-order valence-electron chi connectivity index (χ3n) is 7.02. The lowest BCUT2D eigenvalue weighted by molar-refractivity contribution is -0.286. The number of aryl methyl sites for hydroxylation is 1. The van der Waals surface area contributed by atoms with Gasteiger partial charge < -0.3 is 24.6 Å². The summed E-state index contributed by atoms with van der Waals surface area (Å²) in [7, 11) is 1.60. The van der Waals surface area contributed by atoms with Gasteiger partial charge in [-0.1, -0.05) is 31.5 Å². The van der Waals surface area contributed by atoms with E-state index < -0.39 is 30.0 Å². The summed E-state index contributed by atoms with van der Waals surface area (Å²) in [6.07, 6.45) is -2.17. The molecule has 2 heterocycles. The zero-order chi connectivity index (χ0) is 27.2. The van der Waals surface area contributed by atoms with Crippen molar-refractivity contribution in [3.63, 3.8) is 0 Å². The zero-order valence-corrected chi connectivity index (χ0v) is 21.6. The number of hydrogen-bond donors (Lipinski definition) is 2. The Morgan fingerprint density at radius 3 is 2.50 bits per heavy atom. The molecule has 2 aromatic carbocycles. The van der Waals surface area contributed by atoms with Crippen LogP contribution in [-0.4, -0.2) is 35.5 Å². The third-order valence-corrected chi connectivity index (χ3v) is 7.02. The van der Waals surface area contributed by atoms with Gasteiger partial charge in [-0.15, -0.1) is 8.78 Å². The molecule has 200 valence electrons. The fourth-order valence-corrected chi connectivity index (χ4v) is 5.60. The first-order valence-electron chi connectivity index (χ1n) is 12.7. The number of rotatable bonds is 8. The van der Waals surface area contributed by atoms with Gasteiger partial charge in [-0.3, -0.25) is 4.79 Å². The van der Waals surface area contributed by atoms with Crippen LogP contribution in [0.15, 0.2) is 48.5 Å². The van der Waals surface area contributed by atoms with Gasteiger partial charge in [0.25, 0.3) is 0 Å². The molecule has 1 aliphatic carbocycles. The number of hydrogen-bond acceptors (Lipinski definition) is 6. The molecule has 2 N–H and O–H groups in total. The lowest BCUT2D eigenvalue weighted by Gasteiger charge is -2.24. The third kappa shape index (κ3) is 4.61. The number of methoxy groups -OCH3 is 1. The molecule has 0 radical (unpaired) electrons. The Kier molecular flexibility index (Phi) is 6.63. The van der Waals surface area contributed by atoms with Gasteiger partial charge in [0.1, 0.15) is 11.6 Å². The van der Waals surface area contributed by atoms with Crippen molar-refractivity contribution in [3.8, 4) is 17.2 Å². The number of nitrogens with one attached hydrogen (secondary N) is 1. The van der Waals surface area contributed by atoms with Gasteiger partial charge in [-0.2, -0.15) is 0 Å². The molecule has 2 aliphatic rings. The van der Waals surface area contributed by atoms with Gasteiger partial charge >= 0.3 is 12.3 Å². The van der Waals surface area contributed by atoms with Crippen molar-refractivity contribution >= 4 is 11.8 Å². The van der Waals surface area contributed by atoms with Crippen molar-refractivity contribution in [1.29, 1.82) is 0 Å². The molecule has 3 atom stereocenters. The molecule has 3 aromatic rings. The number of aliphatic carboxylic acids is 1. The van der Waals surface area contributed by atoms with Crippen molar-refractivity contribution in [2.75, 3.05) is 12.4 Å². The first-order chi connectivity index (χ1) is 18.1. The number of nitrogens with zero attached hydrogens (tertiary/aromatic N) is 1. The van der Waals surface area contributed by atoms with E-state index in [1.54, 1.807) is 13.2 Å². The highest BCUT2D eigenvalue weighted by atomic mass is 19.3. The van der Waals surface area contributed by atoms with E-state index in [9.17, 15) is 18.7 Å². The number of carboxylic acid groups (broad SMARTS) is 1. The van der Waals surface area contributed by atoms with E-state index in [1.165, 1.54) is 12.1 Å². The van der Waals surface area contributed by atoms with Gasteiger partial charge in [0.05, 0.1) is 18.7 Å². The van der Waals surface area contributed by atoms with Crippen LogP contribution < -0.4 is 19.5 Å². The summed E-state index contributed by atoms with van der Waals surface area (Å²) in [5.41, 5.74) is 3.78. The average Bonchev–Trinajstić information content (AvgIpc) is 3.36. The summed E-state index contributed by atoms with van der Waals surface area (Å²) in [6.45, 7) is 6.07. The molecule has 38 heavy (non-hydrogen) atoms. The first kappa shape index (κ1) is 25.8. The van der Waals surface area contributed by atoms with Gasteiger partial charge in [-0.05, 0) is 72.9 Å². The smallest absolute Gasteiger partial charge is 0.497 e. The van der Waals surface area contributed by atoms with Crippen molar-refractivity contribution in [3.05, 3.63) is 76.5 Å². The van der Waals surface area contributed by atoms with E-state index in [0.29, 0.717) is 22.8 Å². The lowest BCUT2D eigenvalue weighted by atomic mass is 9.78. The quantitative estimate of drug-likeness (QED) is 0.365. The van der Waals surface area contributed by atoms with Crippen molar-refractivity contribution in [2.45, 2.75) is 57.8 Å². The maximum absolute atomic E-state index is 13.7. The molecule has 0 spiro atoms. The molecule has 1 aliphatic heterocycles. The maximum Gasteiger partial charge on any atom is 0.586 e. The Hall–Kier alpha value is -3.88. The second-order valence-electron chi connectivity index (χ2n) is 9.98. The SMILES string of the molecule is CCCc1cc(OC)ccc1[C@@H]1c2nc(NC(C)C)ccc2[C@H](c2ccc3c(c2)OC(F)(F)O3)[C@H]1C(=O)O. The fourth-order valence-electron chi connectivity index (χ4n) is 5.60. The molecule has 0 saturated carbocycles. The summed E-state index contributed by atoms with van der Waals surface area (Å²) < 4.78 is 42.2. The van der Waals surface area contributed by atoms with E-state index in [4.69, 9.17) is 9.72 Å². The fraction of sp³-hybridized carbons (Fsp3) is 0.379. The normalized spacial score (nSPS) is 20.9. The molecular formula is C29H30F2N2O5. The number of alkyl halides is 2. The molecule has 7 nitrogen and oxygen atoms in total. The minimum atomic E-state index is -3.76. The Morgan fingerprint density at radius 1 is 1.08 bits per heavy atom. The molecule has 0 saturated heterocycles. The Balaban J connectivity index is 1.70. The maximum atomic E-state index is 13.7. The number of benzene rings is 2. The largest absolute Gasteiger partial charge is 0.586 e. The van der Waals surface area contributed by atoms with Crippen LogP contribution in [-0.2, 0) is 11.2 Å². The van der Waals surface area contributed by atoms with E-state index in [-0.39, 0.29) is 17.5 Å². The molecule has 9 heteroatoms. The lowest BCUT2D eigenvalue weighted by Crippen LogP contribution is -2.26. The van der Waals surface area contributed by atoms with Crippen LogP contribution in [0.1, 0.15) is 67.0 Å². The predicted molar refractivity (Wildman–Crippen MR) is 137 cm³/mol. The highest BCUT2D eigenvalue weighted by molar-refractivity contribution is 5.78. The summed E-state index contributed by atoms with van der Waals surface area (Å²) in [4.78, 5) is 17.9. The number of aromatic nitrogens is 1. The topological polar surface area (TPSA) is 89.9 Å². The Bertz CT molecular complexity index is 1380. The Morgan fingerprint density at radius 2 is 1.82 bits per heavy atom. The van der Waals surface area contributed by atoms with Crippen LogP contribution in [0.25, 0.3) is 0 Å². The summed E-state index contributed by atoms with van der Waals surface area (Å²) in [6, 6.07) is 14.0. The van der Waals surface area contributed by atoms with Crippen LogP contribution in [0, 0.1) is 5.92 Å².